The average molecular weight is 293 g/mol. The Morgan fingerprint density at radius 3 is 2.45 bits per heavy atom. The molecule has 1 aromatic heterocycles. The van der Waals surface area contributed by atoms with Crippen LogP contribution in [-0.4, -0.2) is 30.3 Å². The van der Waals surface area contributed by atoms with Gasteiger partial charge in [0.2, 0.25) is 0 Å². The second kappa shape index (κ2) is 5.46. The van der Waals surface area contributed by atoms with Crippen LogP contribution in [-0.2, 0) is 9.84 Å². The Labute approximate surface area is 117 Å². The Kier molecular flexibility index (Phi) is 3.89. The van der Waals surface area contributed by atoms with Gasteiger partial charge in [0.1, 0.15) is 0 Å². The fourth-order valence-electron chi connectivity index (χ4n) is 1.69. The van der Waals surface area contributed by atoms with E-state index in [-0.39, 0.29) is 16.6 Å². The summed E-state index contributed by atoms with van der Waals surface area (Å²) in [4.78, 5) is 12.2. The zero-order valence-electron chi connectivity index (χ0n) is 11.2. The summed E-state index contributed by atoms with van der Waals surface area (Å²) in [6.45, 7) is 3.34. The first-order valence-corrected chi connectivity index (χ1v) is 7.73. The Balaban J connectivity index is 2.16. The minimum absolute atomic E-state index is 0.0485. The zero-order chi connectivity index (χ0) is 14.8. The normalized spacial score (nSPS) is 11.3. The number of carbonyl (C=O) groups is 1. The minimum atomic E-state index is -3.22. The second-order valence-corrected chi connectivity index (χ2v) is 6.57. The van der Waals surface area contributed by atoms with Gasteiger partial charge in [0.25, 0.3) is 5.91 Å². The van der Waals surface area contributed by atoms with Crippen LogP contribution in [0.25, 0.3) is 0 Å². The number of hydrogen-bond donors (Lipinski definition) is 2. The van der Waals surface area contributed by atoms with Crippen LogP contribution >= 0.6 is 0 Å². The van der Waals surface area contributed by atoms with Crippen LogP contribution in [0.15, 0.2) is 35.4 Å². The molecule has 106 valence electrons. The van der Waals surface area contributed by atoms with E-state index in [2.05, 4.69) is 15.5 Å². The maximum absolute atomic E-state index is 11.9. The lowest BCUT2D eigenvalue weighted by Gasteiger charge is -2.06. The van der Waals surface area contributed by atoms with Gasteiger partial charge in [-0.2, -0.15) is 5.10 Å². The molecule has 0 unspecified atom stereocenters. The van der Waals surface area contributed by atoms with E-state index >= 15 is 0 Å². The third-order valence-corrected chi connectivity index (χ3v) is 4.68. The van der Waals surface area contributed by atoms with Crippen LogP contribution in [0, 0.1) is 6.92 Å². The van der Waals surface area contributed by atoms with Gasteiger partial charge in [-0.25, -0.2) is 8.42 Å². The predicted octanol–water partition coefficient (Wildman–Crippen LogP) is 1.76. The molecule has 0 radical (unpaired) electrons. The number of hydrogen-bond acceptors (Lipinski definition) is 4. The van der Waals surface area contributed by atoms with Crippen LogP contribution in [0.5, 0.6) is 0 Å². The molecule has 0 fully saturated rings. The molecule has 0 atom stereocenters. The number of sulfone groups is 1. The Morgan fingerprint density at radius 2 is 1.95 bits per heavy atom. The van der Waals surface area contributed by atoms with Crippen LogP contribution in [0.1, 0.15) is 23.0 Å². The topological polar surface area (TPSA) is 91.9 Å². The highest BCUT2D eigenvalue weighted by atomic mass is 32.2. The Hall–Kier alpha value is -2.15. The van der Waals surface area contributed by atoms with Crippen molar-refractivity contribution in [3.8, 4) is 0 Å². The standard InChI is InChI=1S/C13H15N3O3S/c1-3-20(18,19)11-6-4-10(5-7-11)15-13(17)12-8-14-16-9(12)2/h4-8H,3H2,1-2H3,(H,14,16)(H,15,17). The van der Waals surface area contributed by atoms with Crippen LogP contribution in [0.3, 0.4) is 0 Å². The molecule has 1 aromatic carbocycles. The Morgan fingerprint density at radius 1 is 1.30 bits per heavy atom. The van der Waals surface area contributed by atoms with Gasteiger partial charge in [0, 0.05) is 11.4 Å². The number of aromatic nitrogens is 2. The van der Waals surface area contributed by atoms with Crippen molar-refractivity contribution in [3.05, 3.63) is 41.7 Å². The predicted molar refractivity (Wildman–Crippen MR) is 75.4 cm³/mol. The smallest absolute Gasteiger partial charge is 0.259 e. The van der Waals surface area contributed by atoms with Crippen molar-refractivity contribution in [2.75, 3.05) is 11.1 Å². The fourth-order valence-corrected chi connectivity index (χ4v) is 2.57. The van der Waals surface area contributed by atoms with Gasteiger partial charge >= 0.3 is 0 Å². The van der Waals surface area contributed by atoms with Gasteiger partial charge in [-0.15, -0.1) is 0 Å². The number of carbonyl (C=O) groups excluding carboxylic acids is 1. The van der Waals surface area contributed by atoms with Crippen LogP contribution in [0.2, 0.25) is 0 Å². The van der Waals surface area contributed by atoms with Gasteiger partial charge in [-0.1, -0.05) is 6.92 Å². The van der Waals surface area contributed by atoms with E-state index < -0.39 is 9.84 Å². The molecular weight excluding hydrogens is 278 g/mol. The molecule has 0 aliphatic rings. The summed E-state index contributed by atoms with van der Waals surface area (Å²) in [5.41, 5.74) is 1.66. The maximum Gasteiger partial charge on any atom is 0.259 e. The molecule has 20 heavy (non-hydrogen) atoms. The number of rotatable bonds is 4. The lowest BCUT2D eigenvalue weighted by Crippen LogP contribution is -2.12. The van der Waals surface area contributed by atoms with E-state index in [0.717, 1.165) is 0 Å². The van der Waals surface area contributed by atoms with Crippen molar-refractivity contribution in [3.63, 3.8) is 0 Å². The summed E-state index contributed by atoms with van der Waals surface area (Å²) in [6, 6.07) is 6.10. The molecule has 0 bridgehead atoms. The highest BCUT2D eigenvalue weighted by molar-refractivity contribution is 7.91. The Bertz CT molecular complexity index is 718. The van der Waals surface area contributed by atoms with Crippen molar-refractivity contribution >= 4 is 21.4 Å². The van der Waals surface area contributed by atoms with E-state index in [1.54, 1.807) is 26.0 Å². The van der Waals surface area contributed by atoms with Crippen molar-refractivity contribution in [1.29, 1.82) is 0 Å². The molecule has 0 spiro atoms. The number of H-pyrrole nitrogens is 1. The highest BCUT2D eigenvalue weighted by Crippen LogP contribution is 2.16. The molecule has 2 N–H and O–H groups in total. The quantitative estimate of drug-likeness (QED) is 0.898. The molecule has 0 saturated carbocycles. The van der Waals surface area contributed by atoms with Crippen molar-refractivity contribution in [2.45, 2.75) is 18.7 Å². The van der Waals surface area contributed by atoms with Crippen LogP contribution in [0.4, 0.5) is 5.69 Å². The lowest BCUT2D eigenvalue weighted by molar-refractivity contribution is 0.102. The summed E-state index contributed by atoms with van der Waals surface area (Å²) < 4.78 is 23.3. The SMILES string of the molecule is CCS(=O)(=O)c1ccc(NC(=O)c2cn[nH]c2C)cc1. The van der Waals surface area contributed by atoms with Crippen molar-refractivity contribution in [2.24, 2.45) is 0 Å². The molecule has 0 aliphatic carbocycles. The van der Waals surface area contributed by atoms with Gasteiger partial charge in [-0.05, 0) is 31.2 Å². The minimum Gasteiger partial charge on any atom is -0.322 e. The third kappa shape index (κ3) is 2.88. The number of benzene rings is 1. The van der Waals surface area contributed by atoms with Gasteiger partial charge < -0.3 is 5.32 Å². The first-order valence-electron chi connectivity index (χ1n) is 6.08. The van der Waals surface area contributed by atoms with Crippen molar-refractivity contribution in [1.82, 2.24) is 10.2 Å². The monoisotopic (exact) mass is 293 g/mol. The van der Waals surface area contributed by atoms with Gasteiger partial charge in [0.05, 0.1) is 22.4 Å². The van der Waals surface area contributed by atoms with E-state index in [1.807, 2.05) is 0 Å². The first-order chi connectivity index (χ1) is 9.44. The molecule has 1 amide bonds. The fraction of sp³-hybridized carbons (Fsp3) is 0.231. The molecule has 0 saturated heterocycles. The zero-order valence-corrected chi connectivity index (χ0v) is 12.0. The second-order valence-electron chi connectivity index (χ2n) is 4.29. The lowest BCUT2D eigenvalue weighted by atomic mass is 10.2. The summed E-state index contributed by atoms with van der Waals surface area (Å²) in [7, 11) is -3.22. The van der Waals surface area contributed by atoms with Crippen LogP contribution < -0.4 is 5.32 Å². The van der Waals surface area contributed by atoms with Gasteiger partial charge in [-0.3, -0.25) is 9.89 Å². The average Bonchev–Trinajstić information content (AvgIpc) is 2.85. The summed E-state index contributed by atoms with van der Waals surface area (Å²) in [5, 5.41) is 9.15. The van der Waals surface area contributed by atoms with E-state index in [4.69, 9.17) is 0 Å². The molecule has 1 heterocycles. The molecule has 2 aromatic rings. The number of aryl methyl sites for hydroxylation is 1. The number of nitrogens with one attached hydrogen (secondary N) is 2. The summed E-state index contributed by atoms with van der Waals surface area (Å²) in [5.74, 6) is -0.241. The number of nitrogens with zero attached hydrogens (tertiary/aromatic N) is 1. The molecule has 2 rings (SSSR count). The number of amides is 1. The van der Waals surface area contributed by atoms with Crippen molar-refractivity contribution < 1.29 is 13.2 Å². The summed E-state index contributed by atoms with van der Waals surface area (Å²) >= 11 is 0. The third-order valence-electron chi connectivity index (χ3n) is 2.93. The highest BCUT2D eigenvalue weighted by Gasteiger charge is 2.13. The summed E-state index contributed by atoms with van der Waals surface area (Å²) in [6.07, 6.45) is 1.45. The molecule has 6 nitrogen and oxygen atoms in total. The molecule has 0 aliphatic heterocycles. The number of anilines is 1. The van der Waals surface area contributed by atoms with E-state index in [1.165, 1.54) is 18.3 Å². The molecular formula is C13H15N3O3S. The number of aromatic amines is 1. The van der Waals surface area contributed by atoms with E-state index in [9.17, 15) is 13.2 Å². The molecule has 7 heteroatoms. The van der Waals surface area contributed by atoms with Gasteiger partial charge in [0.15, 0.2) is 9.84 Å². The first kappa shape index (κ1) is 14.3. The largest absolute Gasteiger partial charge is 0.322 e. The van der Waals surface area contributed by atoms with E-state index in [0.29, 0.717) is 16.9 Å². The maximum atomic E-state index is 11.9.